The van der Waals surface area contributed by atoms with E-state index < -0.39 is 0 Å². The van der Waals surface area contributed by atoms with Crippen molar-refractivity contribution >= 4 is 23.6 Å². The van der Waals surface area contributed by atoms with E-state index in [1.54, 1.807) is 17.9 Å². The Kier molecular flexibility index (Phi) is 6.34. The minimum Gasteiger partial charge on any atom is -0.395 e. The number of nitrogens with zero attached hydrogens (tertiary/aromatic N) is 4. The Morgan fingerprint density at radius 1 is 1.32 bits per heavy atom. The molecule has 0 bridgehead atoms. The Labute approximate surface area is 133 Å². The van der Waals surface area contributed by atoms with Gasteiger partial charge < -0.3 is 15.0 Å². The molecule has 0 aromatic carbocycles. The quantitative estimate of drug-likeness (QED) is 0.724. The number of aryl methyl sites for hydroxylation is 1. The molecule has 8 nitrogen and oxygen atoms in total. The van der Waals surface area contributed by atoms with Crippen molar-refractivity contribution in [3.63, 3.8) is 0 Å². The monoisotopic (exact) mass is 331 g/mol. The van der Waals surface area contributed by atoms with Gasteiger partial charge in [0.25, 0.3) is 5.56 Å². The molecule has 0 spiro atoms. The van der Waals surface area contributed by atoms with E-state index in [1.165, 1.54) is 11.6 Å². The number of halogens is 1. The van der Waals surface area contributed by atoms with Crippen molar-refractivity contribution in [2.75, 3.05) is 13.2 Å². The molecule has 0 radical (unpaired) electrons. The summed E-state index contributed by atoms with van der Waals surface area (Å²) >= 11 is 0. The second-order valence-corrected chi connectivity index (χ2v) is 5.06. The summed E-state index contributed by atoms with van der Waals surface area (Å²) in [6.45, 7) is 3.22. The normalized spacial score (nSPS) is 12.4. The molecule has 22 heavy (non-hydrogen) atoms. The third kappa shape index (κ3) is 3.23. The summed E-state index contributed by atoms with van der Waals surface area (Å²) in [5.41, 5.74) is 0.0674. The van der Waals surface area contributed by atoms with Gasteiger partial charge in [-0.2, -0.15) is 0 Å². The van der Waals surface area contributed by atoms with Crippen LogP contribution in [0.4, 0.5) is 0 Å². The van der Waals surface area contributed by atoms with Crippen LogP contribution in [0.2, 0.25) is 0 Å². The van der Waals surface area contributed by atoms with Crippen molar-refractivity contribution in [3.8, 4) is 0 Å². The van der Waals surface area contributed by atoms with Crippen LogP contribution in [0.3, 0.4) is 0 Å². The number of aliphatic hydroxyl groups is 1. The number of hydrogen-bond acceptors (Lipinski definition) is 5. The summed E-state index contributed by atoms with van der Waals surface area (Å²) in [6.07, 6.45) is 2.39. The third-order valence-electron chi connectivity index (χ3n) is 3.72. The number of hydrogen-bond donors (Lipinski definition) is 2. The first-order valence-electron chi connectivity index (χ1n) is 6.96. The van der Waals surface area contributed by atoms with E-state index in [-0.39, 0.29) is 36.3 Å². The number of aliphatic hydroxyl groups excluding tert-OH is 1. The van der Waals surface area contributed by atoms with Gasteiger partial charge >= 0.3 is 5.69 Å². The Bertz CT molecular complexity index is 744. The molecule has 2 rings (SSSR count). The van der Waals surface area contributed by atoms with Crippen molar-refractivity contribution in [2.45, 2.75) is 25.9 Å². The SMILES string of the molecule is CCC(CO)NCCn1cnc2c1c(=O)n(C)c(=O)n2C.Cl. The molecule has 124 valence electrons. The topological polar surface area (TPSA) is 94.1 Å². The molecular weight excluding hydrogens is 310 g/mol. The first-order chi connectivity index (χ1) is 10.0. The fourth-order valence-corrected chi connectivity index (χ4v) is 2.29. The Morgan fingerprint density at radius 2 is 2.00 bits per heavy atom. The van der Waals surface area contributed by atoms with Crippen LogP contribution in [0.25, 0.3) is 11.2 Å². The van der Waals surface area contributed by atoms with Gasteiger partial charge in [0.05, 0.1) is 12.9 Å². The van der Waals surface area contributed by atoms with Gasteiger partial charge in [-0.25, -0.2) is 9.78 Å². The van der Waals surface area contributed by atoms with Crippen molar-refractivity contribution in [1.82, 2.24) is 24.0 Å². The lowest BCUT2D eigenvalue weighted by molar-refractivity contribution is 0.238. The second-order valence-electron chi connectivity index (χ2n) is 5.06. The summed E-state index contributed by atoms with van der Waals surface area (Å²) in [5, 5.41) is 12.3. The molecule has 9 heteroatoms. The van der Waals surface area contributed by atoms with Crippen molar-refractivity contribution in [3.05, 3.63) is 27.2 Å². The predicted octanol–water partition coefficient (Wildman–Crippen LogP) is -0.784. The Morgan fingerprint density at radius 3 is 2.59 bits per heavy atom. The second kappa shape index (κ2) is 7.57. The van der Waals surface area contributed by atoms with Gasteiger partial charge in [0.1, 0.15) is 0 Å². The van der Waals surface area contributed by atoms with Gasteiger partial charge in [-0.15, -0.1) is 12.4 Å². The largest absolute Gasteiger partial charge is 0.395 e. The minimum absolute atomic E-state index is 0. The van der Waals surface area contributed by atoms with Crippen molar-refractivity contribution in [2.24, 2.45) is 14.1 Å². The highest BCUT2D eigenvalue weighted by molar-refractivity contribution is 5.85. The van der Waals surface area contributed by atoms with Crippen LogP contribution in [0.1, 0.15) is 13.3 Å². The number of fused-ring (bicyclic) bond motifs is 1. The van der Waals surface area contributed by atoms with Crippen LogP contribution in [-0.4, -0.2) is 43.0 Å². The average Bonchev–Trinajstić information content (AvgIpc) is 2.91. The molecule has 0 fully saturated rings. The summed E-state index contributed by atoms with van der Waals surface area (Å²) in [4.78, 5) is 28.2. The molecule has 0 amide bonds. The maximum Gasteiger partial charge on any atom is 0.332 e. The van der Waals surface area contributed by atoms with E-state index >= 15 is 0 Å². The molecule has 2 aromatic rings. The summed E-state index contributed by atoms with van der Waals surface area (Å²) < 4.78 is 4.17. The third-order valence-corrected chi connectivity index (χ3v) is 3.72. The van der Waals surface area contributed by atoms with Gasteiger partial charge in [-0.3, -0.25) is 13.9 Å². The smallest absolute Gasteiger partial charge is 0.332 e. The van der Waals surface area contributed by atoms with Gasteiger partial charge in [0, 0.05) is 33.2 Å². The fraction of sp³-hybridized carbons (Fsp3) is 0.615. The highest BCUT2D eigenvalue weighted by Crippen LogP contribution is 2.04. The molecule has 0 aliphatic carbocycles. The first kappa shape index (κ1) is 18.4. The van der Waals surface area contributed by atoms with Gasteiger partial charge in [-0.1, -0.05) is 6.92 Å². The lowest BCUT2D eigenvalue weighted by Crippen LogP contribution is -2.38. The van der Waals surface area contributed by atoms with Crippen LogP contribution in [0.5, 0.6) is 0 Å². The number of imidazole rings is 1. The van der Waals surface area contributed by atoms with Gasteiger partial charge in [-0.05, 0) is 6.42 Å². The van der Waals surface area contributed by atoms with Crippen LogP contribution in [0, 0.1) is 0 Å². The zero-order chi connectivity index (χ0) is 15.6. The lowest BCUT2D eigenvalue weighted by atomic mass is 10.2. The van der Waals surface area contributed by atoms with Crippen LogP contribution >= 0.6 is 12.4 Å². The average molecular weight is 332 g/mol. The maximum atomic E-state index is 12.2. The van der Waals surface area contributed by atoms with E-state index in [0.717, 1.165) is 11.0 Å². The van der Waals surface area contributed by atoms with Crippen LogP contribution < -0.4 is 16.6 Å². The van der Waals surface area contributed by atoms with Crippen molar-refractivity contribution in [1.29, 1.82) is 0 Å². The Balaban J connectivity index is 0.00000242. The van der Waals surface area contributed by atoms with Gasteiger partial charge in [0.15, 0.2) is 11.2 Å². The van der Waals surface area contributed by atoms with Crippen molar-refractivity contribution < 1.29 is 5.11 Å². The molecule has 0 aliphatic heterocycles. The standard InChI is InChI=1S/C13H21N5O3.ClH/c1-4-9(7-19)14-5-6-18-8-15-11-10(18)12(20)17(3)13(21)16(11)2;/h8-9,14,19H,4-7H2,1-3H3;1H. The maximum absolute atomic E-state index is 12.2. The molecule has 0 saturated carbocycles. The van der Waals surface area contributed by atoms with E-state index in [9.17, 15) is 9.59 Å². The molecule has 1 unspecified atom stereocenters. The first-order valence-corrected chi connectivity index (χ1v) is 6.96. The highest BCUT2D eigenvalue weighted by Gasteiger charge is 2.14. The Hall–Kier alpha value is -1.64. The zero-order valence-corrected chi connectivity index (χ0v) is 13.8. The molecule has 2 N–H and O–H groups in total. The minimum atomic E-state index is -0.387. The predicted molar refractivity (Wildman–Crippen MR) is 86.6 cm³/mol. The molecule has 2 aromatic heterocycles. The van der Waals surface area contributed by atoms with E-state index in [0.29, 0.717) is 24.3 Å². The number of nitrogens with one attached hydrogen (secondary N) is 1. The van der Waals surface area contributed by atoms with Crippen LogP contribution in [0.15, 0.2) is 15.9 Å². The molecule has 0 saturated heterocycles. The summed E-state index contributed by atoms with van der Waals surface area (Å²) in [5.74, 6) is 0. The van der Waals surface area contributed by atoms with E-state index in [4.69, 9.17) is 5.11 Å². The highest BCUT2D eigenvalue weighted by atomic mass is 35.5. The number of rotatable bonds is 6. The zero-order valence-electron chi connectivity index (χ0n) is 12.9. The molecular formula is C13H22ClN5O3. The molecule has 0 aliphatic rings. The summed E-state index contributed by atoms with van der Waals surface area (Å²) in [7, 11) is 3.05. The van der Waals surface area contributed by atoms with E-state index in [2.05, 4.69) is 10.3 Å². The summed E-state index contributed by atoms with van der Waals surface area (Å²) in [6, 6.07) is 0.0481. The van der Waals surface area contributed by atoms with E-state index in [1.807, 2.05) is 6.92 Å². The fourth-order valence-electron chi connectivity index (χ4n) is 2.29. The molecule has 1 atom stereocenters. The lowest BCUT2D eigenvalue weighted by Gasteiger charge is -2.14. The molecule has 2 heterocycles. The number of aromatic nitrogens is 4. The van der Waals surface area contributed by atoms with Gasteiger partial charge in [0.2, 0.25) is 0 Å². The van der Waals surface area contributed by atoms with Crippen LogP contribution in [-0.2, 0) is 20.6 Å².